The number of rotatable bonds is 5. The standard InChI is InChI=1S/C18H18ClN7O3/c1-10(13-5-4-8-20-16(13)19)29-18(28)23-17-15(24-25-26(17)3)14-7-6-12(9-21-14)22-11(2)27/h4-10H,1-3H3,(H,22,27)(H,23,28)/t10-/m1/s1. The summed E-state index contributed by atoms with van der Waals surface area (Å²) in [7, 11) is 1.62. The molecule has 0 aliphatic carbocycles. The number of carbonyl (C=O) groups is 2. The number of hydrogen-bond donors (Lipinski definition) is 2. The van der Waals surface area contributed by atoms with E-state index in [0.717, 1.165) is 0 Å². The van der Waals surface area contributed by atoms with Gasteiger partial charge in [0.15, 0.2) is 11.5 Å². The van der Waals surface area contributed by atoms with E-state index in [0.29, 0.717) is 28.5 Å². The van der Waals surface area contributed by atoms with Gasteiger partial charge in [0.2, 0.25) is 5.91 Å². The highest BCUT2D eigenvalue weighted by Crippen LogP contribution is 2.26. The van der Waals surface area contributed by atoms with Crippen LogP contribution in [0.1, 0.15) is 25.5 Å². The van der Waals surface area contributed by atoms with Gasteiger partial charge in [0.25, 0.3) is 0 Å². The van der Waals surface area contributed by atoms with Crippen molar-refractivity contribution >= 4 is 35.1 Å². The number of carbonyl (C=O) groups excluding carboxylic acids is 2. The van der Waals surface area contributed by atoms with Crippen LogP contribution in [0.5, 0.6) is 0 Å². The van der Waals surface area contributed by atoms with Crippen molar-refractivity contribution in [2.24, 2.45) is 7.05 Å². The Labute approximate surface area is 171 Å². The van der Waals surface area contributed by atoms with E-state index in [1.165, 1.54) is 17.8 Å². The van der Waals surface area contributed by atoms with Crippen molar-refractivity contribution in [3.8, 4) is 11.4 Å². The molecule has 29 heavy (non-hydrogen) atoms. The first-order valence-corrected chi connectivity index (χ1v) is 8.94. The number of nitrogens with zero attached hydrogens (tertiary/aromatic N) is 5. The summed E-state index contributed by atoms with van der Waals surface area (Å²) in [4.78, 5) is 31.7. The van der Waals surface area contributed by atoms with E-state index in [2.05, 4.69) is 30.9 Å². The Morgan fingerprint density at radius 1 is 1.21 bits per heavy atom. The van der Waals surface area contributed by atoms with Gasteiger partial charge >= 0.3 is 6.09 Å². The molecule has 0 aliphatic rings. The van der Waals surface area contributed by atoms with Crippen LogP contribution in [-0.2, 0) is 16.6 Å². The molecule has 1 atom stereocenters. The van der Waals surface area contributed by atoms with Crippen molar-refractivity contribution in [1.29, 1.82) is 0 Å². The highest BCUT2D eigenvalue weighted by atomic mass is 35.5. The van der Waals surface area contributed by atoms with Crippen molar-refractivity contribution in [1.82, 2.24) is 25.0 Å². The normalized spacial score (nSPS) is 11.6. The third-order valence-corrected chi connectivity index (χ3v) is 4.20. The molecule has 0 aliphatic heterocycles. The van der Waals surface area contributed by atoms with Crippen molar-refractivity contribution in [2.75, 3.05) is 10.6 Å². The fourth-order valence-corrected chi connectivity index (χ4v) is 2.81. The second-order valence-corrected chi connectivity index (χ2v) is 6.44. The van der Waals surface area contributed by atoms with E-state index in [1.807, 2.05) is 0 Å². The monoisotopic (exact) mass is 415 g/mol. The molecule has 0 unspecified atom stereocenters. The number of aromatic nitrogens is 5. The van der Waals surface area contributed by atoms with Gasteiger partial charge in [-0.15, -0.1) is 5.10 Å². The molecule has 0 saturated carbocycles. The van der Waals surface area contributed by atoms with Crippen molar-refractivity contribution in [3.63, 3.8) is 0 Å². The van der Waals surface area contributed by atoms with Crippen molar-refractivity contribution < 1.29 is 14.3 Å². The van der Waals surface area contributed by atoms with Gasteiger partial charge in [0, 0.05) is 25.7 Å². The topological polar surface area (TPSA) is 124 Å². The number of anilines is 2. The first-order chi connectivity index (χ1) is 13.8. The average Bonchev–Trinajstić information content (AvgIpc) is 3.02. The SMILES string of the molecule is CC(=O)Nc1ccc(-c2nnn(C)c2NC(=O)O[C@H](C)c2cccnc2Cl)nc1. The van der Waals surface area contributed by atoms with Gasteiger partial charge in [0.1, 0.15) is 11.3 Å². The maximum Gasteiger partial charge on any atom is 0.413 e. The second-order valence-electron chi connectivity index (χ2n) is 6.08. The van der Waals surface area contributed by atoms with Gasteiger partial charge in [-0.2, -0.15) is 0 Å². The number of halogens is 1. The lowest BCUT2D eigenvalue weighted by Crippen LogP contribution is -2.18. The molecule has 0 bridgehead atoms. The first-order valence-electron chi connectivity index (χ1n) is 8.57. The van der Waals surface area contributed by atoms with Gasteiger partial charge in [-0.25, -0.2) is 14.5 Å². The summed E-state index contributed by atoms with van der Waals surface area (Å²) in [6.07, 6.45) is 1.71. The van der Waals surface area contributed by atoms with E-state index in [-0.39, 0.29) is 11.1 Å². The molecule has 0 aromatic carbocycles. The van der Waals surface area contributed by atoms with Crippen LogP contribution in [0.4, 0.5) is 16.3 Å². The third-order valence-electron chi connectivity index (χ3n) is 3.88. The molecule has 10 nitrogen and oxygen atoms in total. The minimum absolute atomic E-state index is 0.202. The number of nitrogens with one attached hydrogen (secondary N) is 2. The van der Waals surface area contributed by atoms with Crippen LogP contribution in [0, 0.1) is 0 Å². The average molecular weight is 416 g/mol. The molecular weight excluding hydrogens is 398 g/mol. The van der Waals surface area contributed by atoms with Crippen molar-refractivity contribution in [3.05, 3.63) is 47.4 Å². The van der Waals surface area contributed by atoms with Crippen LogP contribution >= 0.6 is 11.6 Å². The Kier molecular flexibility index (Phi) is 6.03. The maximum absolute atomic E-state index is 12.4. The zero-order valence-corrected chi connectivity index (χ0v) is 16.6. The molecule has 0 saturated heterocycles. The highest BCUT2D eigenvalue weighted by molar-refractivity contribution is 6.30. The summed E-state index contributed by atoms with van der Waals surface area (Å²) in [5.41, 5.74) is 1.95. The van der Waals surface area contributed by atoms with Crippen LogP contribution in [0.2, 0.25) is 5.15 Å². The van der Waals surface area contributed by atoms with Gasteiger partial charge < -0.3 is 10.1 Å². The number of hydrogen-bond acceptors (Lipinski definition) is 7. The summed E-state index contributed by atoms with van der Waals surface area (Å²) in [6, 6.07) is 6.76. The Bertz CT molecular complexity index is 1040. The lowest BCUT2D eigenvalue weighted by Gasteiger charge is -2.15. The van der Waals surface area contributed by atoms with Crippen LogP contribution in [-0.4, -0.2) is 37.0 Å². The zero-order chi connectivity index (χ0) is 21.0. The van der Waals surface area contributed by atoms with Gasteiger partial charge in [-0.1, -0.05) is 22.9 Å². The Hall–Kier alpha value is -3.53. The molecule has 0 radical (unpaired) electrons. The smallest absolute Gasteiger partial charge is 0.413 e. The minimum Gasteiger partial charge on any atom is -0.441 e. The summed E-state index contributed by atoms with van der Waals surface area (Å²) >= 11 is 6.04. The Balaban J connectivity index is 1.75. The predicted octanol–water partition coefficient (Wildman–Crippen LogP) is 3.19. The van der Waals surface area contributed by atoms with Crippen LogP contribution in [0.25, 0.3) is 11.4 Å². The molecule has 0 fully saturated rings. The minimum atomic E-state index is -0.709. The molecule has 3 heterocycles. The summed E-state index contributed by atoms with van der Waals surface area (Å²) in [6.45, 7) is 3.09. The third kappa shape index (κ3) is 4.85. The summed E-state index contributed by atoms with van der Waals surface area (Å²) < 4.78 is 6.78. The lowest BCUT2D eigenvalue weighted by atomic mass is 10.2. The summed E-state index contributed by atoms with van der Waals surface area (Å²) in [5.74, 6) is 0.103. The largest absolute Gasteiger partial charge is 0.441 e. The van der Waals surface area contributed by atoms with Crippen LogP contribution in [0.15, 0.2) is 36.7 Å². The van der Waals surface area contributed by atoms with E-state index in [9.17, 15) is 9.59 Å². The number of pyridine rings is 2. The predicted molar refractivity (Wildman–Crippen MR) is 106 cm³/mol. The Morgan fingerprint density at radius 3 is 2.66 bits per heavy atom. The fraction of sp³-hybridized carbons (Fsp3) is 0.222. The molecule has 3 aromatic rings. The van der Waals surface area contributed by atoms with E-state index >= 15 is 0 Å². The molecule has 3 aromatic heterocycles. The number of aryl methyl sites for hydroxylation is 1. The van der Waals surface area contributed by atoms with E-state index in [4.69, 9.17) is 16.3 Å². The molecule has 150 valence electrons. The second kappa shape index (κ2) is 8.65. The van der Waals surface area contributed by atoms with Crippen LogP contribution < -0.4 is 10.6 Å². The zero-order valence-electron chi connectivity index (χ0n) is 15.9. The maximum atomic E-state index is 12.4. The molecule has 0 spiro atoms. The molecule has 3 rings (SSSR count). The molecular formula is C18H18ClN7O3. The highest BCUT2D eigenvalue weighted by Gasteiger charge is 2.20. The van der Waals surface area contributed by atoms with E-state index < -0.39 is 12.2 Å². The van der Waals surface area contributed by atoms with Gasteiger partial charge in [-0.3, -0.25) is 15.1 Å². The number of amides is 2. The van der Waals surface area contributed by atoms with Crippen LogP contribution in [0.3, 0.4) is 0 Å². The Morgan fingerprint density at radius 2 is 2.00 bits per heavy atom. The van der Waals surface area contributed by atoms with Crippen molar-refractivity contribution in [2.45, 2.75) is 20.0 Å². The van der Waals surface area contributed by atoms with E-state index in [1.54, 1.807) is 44.4 Å². The molecule has 2 amide bonds. The number of ether oxygens (including phenoxy) is 1. The molecule has 11 heteroatoms. The van der Waals surface area contributed by atoms with Gasteiger partial charge in [-0.05, 0) is 25.1 Å². The fourth-order valence-electron chi connectivity index (χ4n) is 2.53. The van der Waals surface area contributed by atoms with Gasteiger partial charge in [0.05, 0.1) is 17.6 Å². The quantitative estimate of drug-likeness (QED) is 0.613. The molecule has 2 N–H and O–H groups in total. The first kappa shape index (κ1) is 20.2. The lowest BCUT2D eigenvalue weighted by molar-refractivity contribution is -0.114. The summed E-state index contributed by atoms with van der Waals surface area (Å²) in [5, 5.41) is 13.5.